The highest BCUT2D eigenvalue weighted by Crippen LogP contribution is 2.42. The van der Waals surface area contributed by atoms with E-state index in [4.69, 9.17) is 11.6 Å². The molecule has 1 saturated carbocycles. The second-order valence-corrected chi connectivity index (χ2v) is 6.35. The van der Waals surface area contributed by atoms with Crippen molar-refractivity contribution in [2.45, 2.75) is 52.4 Å². The summed E-state index contributed by atoms with van der Waals surface area (Å²) in [7, 11) is 0. The van der Waals surface area contributed by atoms with Gasteiger partial charge in [0.15, 0.2) is 0 Å². The van der Waals surface area contributed by atoms with Gasteiger partial charge in [-0.1, -0.05) is 26.7 Å². The molecule has 0 unspecified atom stereocenters. The van der Waals surface area contributed by atoms with Gasteiger partial charge in [-0.05, 0) is 30.6 Å². The summed E-state index contributed by atoms with van der Waals surface area (Å²) in [6.45, 7) is 5.08. The molecule has 0 aromatic heterocycles. The Labute approximate surface area is 120 Å². The van der Waals surface area contributed by atoms with Gasteiger partial charge in [-0.15, -0.1) is 11.6 Å². The number of alkyl halides is 1. The molecule has 0 aromatic rings. The lowest BCUT2D eigenvalue weighted by molar-refractivity contribution is -0.119. The Hall–Kier alpha value is -0.770. The molecule has 0 atom stereocenters. The molecule has 0 aliphatic heterocycles. The van der Waals surface area contributed by atoms with Gasteiger partial charge in [0.05, 0.1) is 0 Å². The molecule has 1 aliphatic rings. The molecule has 5 heteroatoms. The number of rotatable bonds is 6. The smallest absolute Gasteiger partial charge is 0.321 e. The topological polar surface area (TPSA) is 58.2 Å². The van der Waals surface area contributed by atoms with Crippen molar-refractivity contribution in [3.63, 3.8) is 0 Å². The van der Waals surface area contributed by atoms with E-state index in [1.54, 1.807) is 0 Å². The third-order valence-corrected chi connectivity index (χ3v) is 3.89. The Balaban J connectivity index is 2.39. The molecule has 1 rings (SSSR count). The Morgan fingerprint density at radius 3 is 2.42 bits per heavy atom. The van der Waals surface area contributed by atoms with E-state index in [-0.39, 0.29) is 23.6 Å². The van der Waals surface area contributed by atoms with E-state index in [1.807, 2.05) is 0 Å². The molecule has 110 valence electrons. The quantitative estimate of drug-likeness (QED) is 0.738. The van der Waals surface area contributed by atoms with Crippen molar-refractivity contribution < 1.29 is 9.59 Å². The fourth-order valence-corrected chi connectivity index (χ4v) is 3.20. The maximum absolute atomic E-state index is 11.6. The maximum Gasteiger partial charge on any atom is 0.321 e. The molecule has 0 aromatic carbocycles. The summed E-state index contributed by atoms with van der Waals surface area (Å²) in [5.41, 5.74) is 0.223. The zero-order chi connectivity index (χ0) is 14.3. The minimum atomic E-state index is -0.398. The van der Waals surface area contributed by atoms with Crippen LogP contribution in [0, 0.1) is 11.3 Å². The molecule has 0 spiro atoms. The number of hydrogen-bond donors (Lipinski definition) is 2. The zero-order valence-corrected chi connectivity index (χ0v) is 12.7. The van der Waals surface area contributed by atoms with Crippen molar-refractivity contribution in [3.8, 4) is 0 Å². The number of carbonyl (C=O) groups excluding carboxylic acids is 2. The lowest BCUT2D eigenvalue weighted by atomic mass is 9.78. The molecule has 0 radical (unpaired) electrons. The van der Waals surface area contributed by atoms with Crippen LogP contribution >= 0.6 is 11.6 Å². The van der Waals surface area contributed by atoms with Crippen LogP contribution in [0.25, 0.3) is 0 Å². The van der Waals surface area contributed by atoms with Gasteiger partial charge in [0, 0.05) is 18.8 Å². The van der Waals surface area contributed by atoms with Gasteiger partial charge in [-0.25, -0.2) is 4.79 Å². The van der Waals surface area contributed by atoms with E-state index in [9.17, 15) is 9.59 Å². The lowest BCUT2D eigenvalue weighted by Gasteiger charge is -2.31. The summed E-state index contributed by atoms with van der Waals surface area (Å²) in [4.78, 5) is 22.9. The van der Waals surface area contributed by atoms with Crippen molar-refractivity contribution >= 4 is 23.5 Å². The highest BCUT2D eigenvalue weighted by atomic mass is 35.5. The fraction of sp³-hybridized carbons (Fsp3) is 0.857. The highest BCUT2D eigenvalue weighted by molar-refractivity contribution is 6.19. The molecule has 0 bridgehead atoms. The monoisotopic (exact) mass is 288 g/mol. The average Bonchev–Trinajstić information content (AvgIpc) is 2.75. The largest absolute Gasteiger partial charge is 0.337 e. The molecule has 2 N–H and O–H groups in total. The Kier molecular flexibility index (Phi) is 6.63. The fourth-order valence-electron chi connectivity index (χ4n) is 3.03. The number of imide groups is 1. The number of urea groups is 1. The number of carbonyl (C=O) groups is 2. The molecule has 0 saturated heterocycles. The summed E-state index contributed by atoms with van der Waals surface area (Å²) in [6.07, 6.45) is 6.11. The normalized spacial score (nSPS) is 17.5. The third-order valence-electron chi connectivity index (χ3n) is 3.70. The number of amides is 3. The van der Waals surface area contributed by atoms with Crippen LogP contribution in [-0.2, 0) is 4.79 Å². The van der Waals surface area contributed by atoms with Crippen LogP contribution in [0.4, 0.5) is 4.79 Å². The van der Waals surface area contributed by atoms with E-state index < -0.39 is 6.03 Å². The van der Waals surface area contributed by atoms with Crippen molar-refractivity contribution in [2.75, 3.05) is 12.4 Å². The first-order chi connectivity index (χ1) is 8.97. The third kappa shape index (κ3) is 5.81. The van der Waals surface area contributed by atoms with Crippen molar-refractivity contribution in [1.29, 1.82) is 0 Å². The van der Waals surface area contributed by atoms with Gasteiger partial charge in [-0.2, -0.15) is 0 Å². The predicted octanol–water partition coefficient (Wildman–Crippen LogP) is 3.05. The Bertz CT molecular complexity index is 313. The highest BCUT2D eigenvalue weighted by Gasteiger charge is 2.34. The maximum atomic E-state index is 11.6. The van der Waals surface area contributed by atoms with E-state index in [0.29, 0.717) is 12.5 Å². The SMILES string of the molecule is CC(C)CC1(CNC(=O)NC(=O)CCCl)CCCC1. The minimum Gasteiger partial charge on any atom is -0.337 e. The molecule has 3 amide bonds. The van der Waals surface area contributed by atoms with Crippen LogP contribution in [0.15, 0.2) is 0 Å². The van der Waals surface area contributed by atoms with Gasteiger partial charge < -0.3 is 5.32 Å². The summed E-state index contributed by atoms with van der Waals surface area (Å²) in [5.74, 6) is 0.536. The van der Waals surface area contributed by atoms with E-state index in [1.165, 1.54) is 25.7 Å². The van der Waals surface area contributed by atoms with Gasteiger partial charge in [0.2, 0.25) is 5.91 Å². The molecular weight excluding hydrogens is 264 g/mol. The second-order valence-electron chi connectivity index (χ2n) is 5.97. The molecule has 0 heterocycles. The number of halogens is 1. The molecular formula is C14H25ClN2O2. The summed E-state index contributed by atoms with van der Waals surface area (Å²) in [6, 6.07) is -0.398. The predicted molar refractivity (Wildman–Crippen MR) is 77.2 cm³/mol. The van der Waals surface area contributed by atoms with Crippen LogP contribution in [0.2, 0.25) is 0 Å². The molecule has 1 aliphatic carbocycles. The molecule has 4 nitrogen and oxygen atoms in total. The van der Waals surface area contributed by atoms with Crippen LogP contribution in [-0.4, -0.2) is 24.4 Å². The number of hydrogen-bond acceptors (Lipinski definition) is 2. The Morgan fingerprint density at radius 1 is 1.26 bits per heavy atom. The van der Waals surface area contributed by atoms with Crippen molar-refractivity contribution in [1.82, 2.24) is 10.6 Å². The van der Waals surface area contributed by atoms with Gasteiger partial charge in [0.25, 0.3) is 0 Å². The summed E-state index contributed by atoms with van der Waals surface area (Å²) >= 11 is 5.45. The second kappa shape index (κ2) is 7.73. The van der Waals surface area contributed by atoms with Crippen LogP contribution < -0.4 is 10.6 Å². The van der Waals surface area contributed by atoms with E-state index >= 15 is 0 Å². The standard InChI is InChI=1S/C14H25ClN2O2/c1-11(2)9-14(6-3-4-7-14)10-16-13(19)17-12(18)5-8-15/h11H,3-10H2,1-2H3,(H2,16,17,18,19). The van der Waals surface area contributed by atoms with Gasteiger partial charge in [0.1, 0.15) is 0 Å². The first-order valence-electron chi connectivity index (χ1n) is 7.11. The van der Waals surface area contributed by atoms with Crippen molar-refractivity contribution in [3.05, 3.63) is 0 Å². The summed E-state index contributed by atoms with van der Waals surface area (Å²) in [5, 5.41) is 5.15. The minimum absolute atomic E-state index is 0.173. The zero-order valence-electron chi connectivity index (χ0n) is 11.9. The van der Waals surface area contributed by atoms with Crippen LogP contribution in [0.3, 0.4) is 0 Å². The first kappa shape index (κ1) is 16.3. The van der Waals surface area contributed by atoms with E-state index in [2.05, 4.69) is 24.5 Å². The average molecular weight is 289 g/mol. The van der Waals surface area contributed by atoms with Crippen molar-refractivity contribution in [2.24, 2.45) is 11.3 Å². The van der Waals surface area contributed by atoms with Gasteiger partial charge >= 0.3 is 6.03 Å². The van der Waals surface area contributed by atoms with Crippen LogP contribution in [0.1, 0.15) is 52.4 Å². The lowest BCUT2D eigenvalue weighted by Crippen LogP contribution is -2.44. The number of nitrogens with one attached hydrogen (secondary N) is 2. The molecule has 1 fully saturated rings. The Morgan fingerprint density at radius 2 is 1.89 bits per heavy atom. The molecule has 19 heavy (non-hydrogen) atoms. The van der Waals surface area contributed by atoms with Crippen LogP contribution in [0.5, 0.6) is 0 Å². The summed E-state index contributed by atoms with van der Waals surface area (Å²) < 4.78 is 0. The van der Waals surface area contributed by atoms with E-state index in [0.717, 1.165) is 6.42 Å². The van der Waals surface area contributed by atoms with Gasteiger partial charge in [-0.3, -0.25) is 10.1 Å². The first-order valence-corrected chi connectivity index (χ1v) is 7.64.